The Morgan fingerprint density at radius 1 is 0.800 bits per heavy atom. The monoisotopic (exact) mass is 438 g/mol. The van der Waals surface area contributed by atoms with E-state index in [-0.39, 0.29) is 5.04 Å². The highest BCUT2D eigenvalue weighted by Crippen LogP contribution is 2.36. The van der Waals surface area contributed by atoms with Crippen LogP contribution >= 0.6 is 0 Å². The first-order valence-electron chi connectivity index (χ1n) is 12.1. The molecule has 0 aromatic carbocycles. The summed E-state index contributed by atoms with van der Waals surface area (Å²) in [6, 6.07) is 0. The van der Waals surface area contributed by atoms with Gasteiger partial charge in [0.15, 0.2) is 8.32 Å². The van der Waals surface area contributed by atoms with Crippen molar-refractivity contribution >= 4 is 8.32 Å². The van der Waals surface area contributed by atoms with Gasteiger partial charge in [-0.15, -0.1) is 0 Å². The Morgan fingerprint density at radius 2 is 1.40 bits per heavy atom. The van der Waals surface area contributed by atoms with Crippen molar-refractivity contribution < 1.29 is 14.6 Å². The molecule has 0 bridgehead atoms. The molecule has 0 fully saturated rings. The second-order valence-electron chi connectivity index (χ2n) is 9.91. The lowest BCUT2D eigenvalue weighted by atomic mass is 10.1. The van der Waals surface area contributed by atoms with Crippen LogP contribution in [-0.2, 0) is 4.43 Å². The van der Waals surface area contributed by atoms with Crippen LogP contribution in [0.1, 0.15) is 91.9 Å². The first-order chi connectivity index (χ1) is 14.1. The number of aliphatic hydroxyl groups excluding tert-OH is 2. The van der Waals surface area contributed by atoms with Gasteiger partial charge in [-0.05, 0) is 56.7 Å². The Labute approximate surface area is 188 Å². The Hall–Kier alpha value is -0.683. The van der Waals surface area contributed by atoms with Gasteiger partial charge in [0.05, 0.1) is 12.2 Å². The Kier molecular flexibility index (Phi) is 16.6. The maximum Gasteiger partial charge on any atom is 0.191 e. The van der Waals surface area contributed by atoms with E-state index in [0.717, 1.165) is 51.6 Å². The molecule has 2 atom stereocenters. The van der Waals surface area contributed by atoms with Gasteiger partial charge in [-0.3, -0.25) is 0 Å². The molecule has 2 N–H and O–H groups in total. The molecular weight excluding hydrogens is 388 g/mol. The van der Waals surface area contributed by atoms with Crippen molar-refractivity contribution in [3.8, 4) is 0 Å². The standard InChI is InChI=1S/C26H50O3Si/c1-7-8-9-10-11-12-14-19-24(27)21-16-17-22-25(28)20-15-13-18-23-29-30(5,6)26(2,3)4/h11-12,16-17,21-22,24-25,27-28H,7-10,13-15,18-20,23H2,1-6H3/b12-11+,21-16+,22-17+. The van der Waals surface area contributed by atoms with Crippen molar-refractivity contribution in [2.45, 2.75) is 122 Å². The van der Waals surface area contributed by atoms with Crippen molar-refractivity contribution in [2.75, 3.05) is 6.61 Å². The minimum Gasteiger partial charge on any atom is -0.417 e. The minimum absolute atomic E-state index is 0.264. The third-order valence-electron chi connectivity index (χ3n) is 5.96. The lowest BCUT2D eigenvalue weighted by molar-refractivity contribution is 0.205. The Morgan fingerprint density at radius 3 is 2.00 bits per heavy atom. The largest absolute Gasteiger partial charge is 0.417 e. The second kappa shape index (κ2) is 16.9. The van der Waals surface area contributed by atoms with Gasteiger partial charge in [0, 0.05) is 6.61 Å². The fraction of sp³-hybridized carbons (Fsp3) is 0.769. The van der Waals surface area contributed by atoms with E-state index in [9.17, 15) is 10.2 Å². The third kappa shape index (κ3) is 16.1. The molecular formula is C26H50O3Si. The topological polar surface area (TPSA) is 49.7 Å². The van der Waals surface area contributed by atoms with E-state index in [2.05, 4.69) is 52.9 Å². The number of rotatable bonds is 17. The van der Waals surface area contributed by atoms with Gasteiger partial charge in [-0.1, -0.05) is 89.8 Å². The molecule has 0 heterocycles. The summed E-state index contributed by atoms with van der Waals surface area (Å²) in [5.74, 6) is 0. The molecule has 0 aliphatic rings. The fourth-order valence-electron chi connectivity index (χ4n) is 2.77. The van der Waals surface area contributed by atoms with Crippen LogP contribution in [0.15, 0.2) is 36.5 Å². The molecule has 0 aliphatic heterocycles. The van der Waals surface area contributed by atoms with Crippen LogP contribution < -0.4 is 0 Å². The summed E-state index contributed by atoms with van der Waals surface area (Å²) in [5.41, 5.74) is 0. The average Bonchev–Trinajstić information content (AvgIpc) is 2.66. The molecule has 0 radical (unpaired) electrons. The molecule has 0 aromatic heterocycles. The van der Waals surface area contributed by atoms with Gasteiger partial charge in [-0.25, -0.2) is 0 Å². The van der Waals surface area contributed by atoms with Gasteiger partial charge in [0.25, 0.3) is 0 Å². The summed E-state index contributed by atoms with van der Waals surface area (Å²) in [6.07, 6.45) is 21.4. The molecule has 0 amide bonds. The van der Waals surface area contributed by atoms with Crippen molar-refractivity contribution in [1.29, 1.82) is 0 Å². The highest BCUT2D eigenvalue weighted by molar-refractivity contribution is 6.74. The Balaban J connectivity index is 3.80. The number of hydrogen-bond donors (Lipinski definition) is 2. The van der Waals surface area contributed by atoms with Crippen molar-refractivity contribution in [1.82, 2.24) is 0 Å². The lowest BCUT2D eigenvalue weighted by Gasteiger charge is -2.36. The van der Waals surface area contributed by atoms with Crippen LogP contribution in [0, 0.1) is 0 Å². The molecule has 4 heteroatoms. The summed E-state index contributed by atoms with van der Waals surface area (Å²) in [5, 5.41) is 20.3. The van der Waals surface area contributed by atoms with Crippen molar-refractivity contribution in [2.24, 2.45) is 0 Å². The SMILES string of the molecule is CCCCC/C=C/CCC(O)/C=C/C=C/C(O)CCCCCO[Si](C)(C)C(C)(C)C. The van der Waals surface area contributed by atoms with E-state index >= 15 is 0 Å². The summed E-state index contributed by atoms with van der Waals surface area (Å²) >= 11 is 0. The predicted octanol–water partition coefficient (Wildman–Crippen LogP) is 7.32. The van der Waals surface area contributed by atoms with Gasteiger partial charge >= 0.3 is 0 Å². The summed E-state index contributed by atoms with van der Waals surface area (Å²) in [6.45, 7) is 14.4. The van der Waals surface area contributed by atoms with Gasteiger partial charge < -0.3 is 14.6 Å². The minimum atomic E-state index is -1.63. The Bertz CT molecular complexity index is 489. The van der Waals surface area contributed by atoms with Crippen LogP contribution in [0.2, 0.25) is 18.1 Å². The first-order valence-corrected chi connectivity index (χ1v) is 15.0. The number of hydrogen-bond acceptors (Lipinski definition) is 3. The van der Waals surface area contributed by atoms with Gasteiger partial charge in [0.1, 0.15) is 0 Å². The smallest absolute Gasteiger partial charge is 0.191 e. The van der Waals surface area contributed by atoms with E-state index < -0.39 is 20.5 Å². The molecule has 0 saturated heterocycles. The van der Waals surface area contributed by atoms with Crippen molar-refractivity contribution in [3.05, 3.63) is 36.5 Å². The zero-order chi connectivity index (χ0) is 22.9. The molecule has 0 saturated carbocycles. The lowest BCUT2D eigenvalue weighted by Crippen LogP contribution is -2.40. The van der Waals surface area contributed by atoms with Crippen LogP contribution in [0.4, 0.5) is 0 Å². The van der Waals surface area contributed by atoms with Crippen LogP contribution in [0.3, 0.4) is 0 Å². The fourth-order valence-corrected chi connectivity index (χ4v) is 3.86. The van der Waals surface area contributed by atoms with E-state index in [4.69, 9.17) is 4.43 Å². The molecule has 30 heavy (non-hydrogen) atoms. The highest BCUT2D eigenvalue weighted by atomic mass is 28.4. The molecule has 0 rings (SSSR count). The van der Waals surface area contributed by atoms with Crippen LogP contribution in [-0.4, -0.2) is 37.3 Å². The van der Waals surface area contributed by atoms with Crippen LogP contribution in [0.25, 0.3) is 0 Å². The van der Waals surface area contributed by atoms with E-state index in [1.165, 1.54) is 19.3 Å². The van der Waals surface area contributed by atoms with E-state index in [0.29, 0.717) is 0 Å². The van der Waals surface area contributed by atoms with E-state index in [1.807, 2.05) is 18.2 Å². The van der Waals surface area contributed by atoms with Crippen LogP contribution in [0.5, 0.6) is 0 Å². The third-order valence-corrected chi connectivity index (χ3v) is 10.5. The molecule has 0 aromatic rings. The van der Waals surface area contributed by atoms with Crippen molar-refractivity contribution in [3.63, 3.8) is 0 Å². The normalized spacial score (nSPS) is 15.6. The number of aliphatic hydroxyl groups is 2. The molecule has 0 spiro atoms. The summed E-state index contributed by atoms with van der Waals surface area (Å²) in [4.78, 5) is 0. The maximum absolute atomic E-state index is 10.1. The van der Waals surface area contributed by atoms with Gasteiger partial charge in [-0.2, -0.15) is 0 Å². The highest BCUT2D eigenvalue weighted by Gasteiger charge is 2.36. The first kappa shape index (κ1) is 29.3. The molecule has 0 aliphatic carbocycles. The summed E-state index contributed by atoms with van der Waals surface area (Å²) in [7, 11) is -1.63. The quantitative estimate of drug-likeness (QED) is 0.108. The number of allylic oxidation sites excluding steroid dienone is 4. The predicted molar refractivity (Wildman–Crippen MR) is 134 cm³/mol. The summed E-state index contributed by atoms with van der Waals surface area (Å²) < 4.78 is 6.19. The zero-order valence-corrected chi connectivity index (χ0v) is 21.7. The van der Waals surface area contributed by atoms with Gasteiger partial charge in [0.2, 0.25) is 0 Å². The molecule has 176 valence electrons. The molecule has 2 unspecified atom stereocenters. The second-order valence-corrected chi connectivity index (χ2v) is 14.7. The van der Waals surface area contributed by atoms with E-state index in [1.54, 1.807) is 6.08 Å². The average molecular weight is 439 g/mol. The molecule has 3 nitrogen and oxygen atoms in total. The number of unbranched alkanes of at least 4 members (excludes halogenated alkanes) is 5. The maximum atomic E-state index is 10.1. The zero-order valence-electron chi connectivity index (χ0n) is 20.7.